The van der Waals surface area contributed by atoms with Crippen molar-refractivity contribution in [2.24, 2.45) is 13.0 Å². The van der Waals surface area contributed by atoms with E-state index in [2.05, 4.69) is 15.5 Å². The van der Waals surface area contributed by atoms with E-state index in [1.54, 1.807) is 28.1 Å². The Labute approximate surface area is 182 Å². The minimum atomic E-state index is -3.75. The third-order valence-corrected chi connectivity index (χ3v) is 7.54. The van der Waals surface area contributed by atoms with E-state index in [1.807, 2.05) is 6.92 Å². The second kappa shape index (κ2) is 8.79. The van der Waals surface area contributed by atoms with Crippen LogP contribution in [0.2, 0.25) is 0 Å². The largest absolute Gasteiger partial charge is 0.343 e. The number of amides is 2. The van der Waals surface area contributed by atoms with Crippen molar-refractivity contribution in [1.29, 1.82) is 0 Å². The van der Waals surface area contributed by atoms with Gasteiger partial charge in [0.05, 0.1) is 29.7 Å². The zero-order valence-corrected chi connectivity index (χ0v) is 19.3. The van der Waals surface area contributed by atoms with Crippen LogP contribution in [0.4, 0.5) is 5.69 Å². The highest BCUT2D eigenvalue weighted by atomic mass is 32.2. The summed E-state index contributed by atoms with van der Waals surface area (Å²) in [5.74, 6) is -1.13. The van der Waals surface area contributed by atoms with Gasteiger partial charge in [0, 0.05) is 40.8 Å². The molecule has 0 radical (unpaired) electrons. The molecule has 2 aromatic rings. The Morgan fingerprint density at radius 2 is 1.97 bits per heavy atom. The average molecular weight is 452 g/mol. The molecule has 3 rings (SSSR count). The van der Waals surface area contributed by atoms with E-state index >= 15 is 0 Å². The molecule has 1 aliphatic heterocycles. The number of rotatable bonds is 6. The molecule has 1 fully saturated rings. The van der Waals surface area contributed by atoms with Crippen molar-refractivity contribution in [2.75, 3.05) is 32.5 Å². The molecule has 12 heteroatoms. The third kappa shape index (κ3) is 4.35. The maximum atomic E-state index is 13.1. The predicted octanol–water partition coefficient (Wildman–Crippen LogP) is 0.686. The maximum absolute atomic E-state index is 13.1. The fourth-order valence-electron chi connectivity index (χ4n) is 3.63. The molecule has 0 spiro atoms. The summed E-state index contributed by atoms with van der Waals surface area (Å²) in [5, 5.41) is 11.0. The Bertz CT molecular complexity index is 1090. The van der Waals surface area contributed by atoms with Gasteiger partial charge in [0.1, 0.15) is 10.6 Å². The molecule has 1 saturated heterocycles. The predicted molar refractivity (Wildman–Crippen MR) is 114 cm³/mol. The highest BCUT2D eigenvalue weighted by Gasteiger charge is 2.35. The molecule has 170 valence electrons. The topological polar surface area (TPSA) is 122 Å². The smallest absolute Gasteiger partial charge is 0.273 e. The third-order valence-electron chi connectivity index (χ3n) is 5.57. The number of piperidine rings is 1. The second-order valence-electron chi connectivity index (χ2n) is 7.83. The SMILES string of the molecule is CCn1ncc(NC(=O)C2CCCN(S(=O)(=O)c3cnn(C)c3C)C2)c1C(=O)N(C)C. The first kappa shape index (κ1) is 22.9. The number of hydrogen-bond acceptors (Lipinski definition) is 6. The van der Waals surface area contributed by atoms with Crippen LogP contribution in [0.25, 0.3) is 0 Å². The van der Waals surface area contributed by atoms with E-state index < -0.39 is 15.9 Å². The Hall–Kier alpha value is -2.73. The lowest BCUT2D eigenvalue weighted by Gasteiger charge is -2.31. The molecule has 1 atom stereocenters. The lowest BCUT2D eigenvalue weighted by molar-refractivity contribution is -0.120. The summed E-state index contributed by atoms with van der Waals surface area (Å²) >= 11 is 0. The van der Waals surface area contributed by atoms with Gasteiger partial charge in [-0.25, -0.2) is 8.42 Å². The Morgan fingerprint density at radius 3 is 2.55 bits per heavy atom. The lowest BCUT2D eigenvalue weighted by atomic mass is 9.98. The van der Waals surface area contributed by atoms with Crippen molar-refractivity contribution in [3.8, 4) is 0 Å². The molecule has 0 aromatic carbocycles. The summed E-state index contributed by atoms with van der Waals surface area (Å²) in [5.41, 5.74) is 1.17. The molecule has 0 bridgehead atoms. The van der Waals surface area contributed by atoms with Crippen LogP contribution < -0.4 is 5.32 Å². The number of carbonyl (C=O) groups is 2. The summed E-state index contributed by atoms with van der Waals surface area (Å²) in [6.07, 6.45) is 3.91. The van der Waals surface area contributed by atoms with Crippen molar-refractivity contribution in [2.45, 2.75) is 38.1 Å². The standard InChI is InChI=1S/C19H29N7O4S/c1-6-26-17(19(28)23(3)4)15(10-21-26)22-18(27)14-8-7-9-25(12-14)31(29,30)16-11-20-24(5)13(16)2/h10-11,14H,6-9,12H2,1-5H3,(H,22,27). The number of anilines is 1. The van der Waals surface area contributed by atoms with Crippen molar-refractivity contribution in [3.05, 3.63) is 23.8 Å². The summed E-state index contributed by atoms with van der Waals surface area (Å²) in [4.78, 5) is 27.1. The molecular formula is C19H29N7O4S. The van der Waals surface area contributed by atoms with Gasteiger partial charge in [-0.3, -0.25) is 19.0 Å². The fraction of sp³-hybridized carbons (Fsp3) is 0.579. The van der Waals surface area contributed by atoms with Crippen LogP contribution >= 0.6 is 0 Å². The van der Waals surface area contributed by atoms with Crippen molar-refractivity contribution >= 4 is 27.5 Å². The number of sulfonamides is 1. The summed E-state index contributed by atoms with van der Waals surface area (Å²) in [7, 11) is 1.19. The Morgan fingerprint density at radius 1 is 1.26 bits per heavy atom. The molecule has 11 nitrogen and oxygen atoms in total. The highest BCUT2D eigenvalue weighted by molar-refractivity contribution is 7.89. The van der Waals surface area contributed by atoms with Crippen LogP contribution in [0.1, 0.15) is 35.9 Å². The monoisotopic (exact) mass is 451 g/mol. The van der Waals surface area contributed by atoms with Crippen molar-refractivity contribution < 1.29 is 18.0 Å². The first-order valence-corrected chi connectivity index (χ1v) is 11.6. The summed E-state index contributed by atoms with van der Waals surface area (Å²) < 4.78 is 30.5. The molecule has 2 aromatic heterocycles. The molecule has 1 unspecified atom stereocenters. The van der Waals surface area contributed by atoms with Gasteiger partial charge in [-0.15, -0.1) is 0 Å². The zero-order chi connectivity index (χ0) is 22.9. The van der Waals surface area contributed by atoms with Crippen LogP contribution in [0.15, 0.2) is 17.3 Å². The number of aryl methyl sites for hydroxylation is 2. The number of carbonyl (C=O) groups excluding carboxylic acids is 2. The zero-order valence-electron chi connectivity index (χ0n) is 18.5. The Kier molecular flexibility index (Phi) is 6.51. The molecular weight excluding hydrogens is 422 g/mol. The van der Waals surface area contributed by atoms with E-state index in [1.165, 1.54) is 31.0 Å². The van der Waals surface area contributed by atoms with Gasteiger partial charge in [0.15, 0.2) is 0 Å². The van der Waals surface area contributed by atoms with E-state index in [4.69, 9.17) is 0 Å². The first-order valence-electron chi connectivity index (χ1n) is 10.1. The van der Waals surface area contributed by atoms with E-state index in [0.717, 1.165) is 0 Å². The fourth-order valence-corrected chi connectivity index (χ4v) is 5.34. The van der Waals surface area contributed by atoms with Gasteiger partial charge in [0.2, 0.25) is 15.9 Å². The molecule has 0 aliphatic carbocycles. The van der Waals surface area contributed by atoms with Crippen molar-refractivity contribution in [1.82, 2.24) is 28.8 Å². The van der Waals surface area contributed by atoms with Gasteiger partial charge in [-0.1, -0.05) is 0 Å². The summed E-state index contributed by atoms with van der Waals surface area (Å²) in [6.45, 7) is 4.45. The molecule has 2 amide bonds. The van der Waals surface area contributed by atoms with E-state index in [0.29, 0.717) is 43.0 Å². The van der Waals surface area contributed by atoms with Gasteiger partial charge >= 0.3 is 0 Å². The molecule has 0 saturated carbocycles. The van der Waals surface area contributed by atoms with Crippen LogP contribution in [-0.2, 0) is 28.4 Å². The van der Waals surface area contributed by atoms with Gasteiger partial charge in [-0.2, -0.15) is 14.5 Å². The minimum Gasteiger partial charge on any atom is -0.343 e. The van der Waals surface area contributed by atoms with Crippen molar-refractivity contribution in [3.63, 3.8) is 0 Å². The van der Waals surface area contributed by atoms with Gasteiger partial charge < -0.3 is 10.2 Å². The molecule has 31 heavy (non-hydrogen) atoms. The van der Waals surface area contributed by atoms with Crippen LogP contribution in [0.5, 0.6) is 0 Å². The normalized spacial score (nSPS) is 17.5. The van der Waals surface area contributed by atoms with Gasteiger partial charge in [0.25, 0.3) is 5.91 Å². The number of hydrogen-bond donors (Lipinski definition) is 1. The quantitative estimate of drug-likeness (QED) is 0.689. The molecule has 1 N–H and O–H groups in total. The molecule has 3 heterocycles. The Balaban J connectivity index is 1.79. The second-order valence-corrected chi connectivity index (χ2v) is 9.74. The number of nitrogens with one attached hydrogen (secondary N) is 1. The molecule has 1 aliphatic rings. The average Bonchev–Trinajstić information content (AvgIpc) is 3.30. The number of nitrogens with zero attached hydrogens (tertiary/aromatic N) is 6. The van der Waals surface area contributed by atoms with E-state index in [9.17, 15) is 18.0 Å². The minimum absolute atomic E-state index is 0.0708. The van der Waals surface area contributed by atoms with Crippen LogP contribution in [0.3, 0.4) is 0 Å². The van der Waals surface area contributed by atoms with Crippen LogP contribution in [-0.4, -0.2) is 76.2 Å². The highest BCUT2D eigenvalue weighted by Crippen LogP contribution is 2.27. The maximum Gasteiger partial charge on any atom is 0.273 e. The van der Waals surface area contributed by atoms with Crippen LogP contribution in [0, 0.1) is 12.8 Å². The first-order chi connectivity index (χ1) is 14.6. The lowest BCUT2D eigenvalue weighted by Crippen LogP contribution is -2.43. The summed E-state index contributed by atoms with van der Waals surface area (Å²) in [6, 6.07) is 0. The number of aromatic nitrogens is 4. The van der Waals surface area contributed by atoms with E-state index in [-0.39, 0.29) is 23.3 Å². The van der Waals surface area contributed by atoms with Gasteiger partial charge in [-0.05, 0) is 26.7 Å².